The van der Waals surface area contributed by atoms with Crippen molar-refractivity contribution < 1.29 is 9.53 Å². The second-order valence-electron chi connectivity index (χ2n) is 10.6. The molecule has 1 aliphatic carbocycles. The third kappa shape index (κ3) is 4.97. The molecule has 2 fully saturated rings. The van der Waals surface area contributed by atoms with E-state index < -0.39 is 0 Å². The Bertz CT molecular complexity index is 1150. The molecular weight excluding hydrogens is 499 g/mol. The first-order valence-corrected chi connectivity index (χ1v) is 12.3. The number of anilines is 1. The van der Waals surface area contributed by atoms with Gasteiger partial charge in [-0.3, -0.25) is 4.79 Å². The Labute approximate surface area is 224 Å². The Hall–Kier alpha value is -2.60. The molecular formula is C26H34Cl2N6O2. The quantitative estimate of drug-likeness (QED) is 0.598. The Kier molecular flexibility index (Phi) is 8.09. The van der Waals surface area contributed by atoms with E-state index in [1.54, 1.807) is 18.2 Å². The van der Waals surface area contributed by atoms with Gasteiger partial charge < -0.3 is 20.3 Å². The van der Waals surface area contributed by atoms with E-state index in [4.69, 9.17) is 21.6 Å². The van der Waals surface area contributed by atoms with Gasteiger partial charge in [-0.1, -0.05) is 39.3 Å². The van der Waals surface area contributed by atoms with Crippen LogP contribution in [0.2, 0.25) is 5.02 Å². The number of carbonyl (C=O) groups excluding carboxylic acids is 1. The number of hydrogen-bond acceptors (Lipinski definition) is 7. The van der Waals surface area contributed by atoms with Crippen molar-refractivity contribution in [1.82, 2.24) is 20.6 Å². The molecule has 2 N–H and O–H groups in total. The highest BCUT2D eigenvalue weighted by molar-refractivity contribution is 6.31. The molecule has 194 valence electrons. The topological polar surface area (TPSA) is 103 Å². The van der Waals surface area contributed by atoms with E-state index in [-0.39, 0.29) is 41.3 Å². The van der Waals surface area contributed by atoms with Gasteiger partial charge in [-0.15, -0.1) is 12.4 Å². The second-order valence-corrected chi connectivity index (χ2v) is 11.0. The van der Waals surface area contributed by atoms with E-state index in [9.17, 15) is 4.79 Å². The lowest BCUT2D eigenvalue weighted by molar-refractivity contribution is -0.164. The van der Waals surface area contributed by atoms with Gasteiger partial charge in [0, 0.05) is 49.1 Å². The van der Waals surface area contributed by atoms with Crippen LogP contribution in [0.4, 0.5) is 5.95 Å². The summed E-state index contributed by atoms with van der Waals surface area (Å²) in [5, 5.41) is 16.1. The van der Waals surface area contributed by atoms with Crippen LogP contribution in [0.1, 0.15) is 55.0 Å². The number of aryl methyl sites for hydroxylation is 2. The summed E-state index contributed by atoms with van der Waals surface area (Å²) in [4.78, 5) is 24.9. The fourth-order valence-electron chi connectivity index (χ4n) is 5.83. The second kappa shape index (κ2) is 10.4. The number of aromatic nitrogens is 2. The first-order valence-electron chi connectivity index (χ1n) is 11.9. The number of rotatable bonds is 5. The summed E-state index contributed by atoms with van der Waals surface area (Å²) in [7, 11) is 0. The van der Waals surface area contributed by atoms with Crippen LogP contribution >= 0.6 is 24.0 Å². The van der Waals surface area contributed by atoms with E-state index in [2.05, 4.69) is 59.3 Å². The predicted molar refractivity (Wildman–Crippen MR) is 143 cm³/mol. The van der Waals surface area contributed by atoms with Gasteiger partial charge in [0.25, 0.3) is 5.91 Å². The van der Waals surface area contributed by atoms with E-state index in [1.807, 2.05) is 13.8 Å². The molecule has 2 aliphatic rings. The lowest BCUT2D eigenvalue weighted by Gasteiger charge is -2.63. The molecule has 1 saturated heterocycles. The van der Waals surface area contributed by atoms with E-state index >= 15 is 0 Å². The van der Waals surface area contributed by atoms with Gasteiger partial charge in [0.05, 0.1) is 27.5 Å². The Balaban J connectivity index is 0.00000361. The fourth-order valence-corrected chi connectivity index (χ4v) is 6.05. The summed E-state index contributed by atoms with van der Waals surface area (Å²) in [5.41, 5.74) is 1.61. The third-order valence-electron chi connectivity index (χ3n) is 7.32. The van der Waals surface area contributed by atoms with Crippen molar-refractivity contribution in [1.29, 1.82) is 5.26 Å². The van der Waals surface area contributed by atoms with Crippen LogP contribution < -0.4 is 20.3 Å². The SMILES string of the molecule is Cc1nc(N2CCNCC2)nc(C)c1C(=O)NC1C(C)(C)C(Oc2ccc(C#N)c(Cl)c2)C1(C)C.Cl. The number of nitrogens with one attached hydrogen (secondary N) is 2. The third-order valence-corrected chi connectivity index (χ3v) is 7.63. The Morgan fingerprint density at radius 1 is 1.17 bits per heavy atom. The van der Waals surface area contributed by atoms with Crippen LogP contribution in [0.3, 0.4) is 0 Å². The van der Waals surface area contributed by atoms with Crippen molar-refractivity contribution >= 4 is 35.9 Å². The largest absolute Gasteiger partial charge is 0.489 e. The van der Waals surface area contributed by atoms with Gasteiger partial charge in [0.2, 0.25) is 5.95 Å². The lowest BCUT2D eigenvalue weighted by atomic mass is 9.49. The molecule has 8 nitrogen and oxygen atoms in total. The Morgan fingerprint density at radius 3 is 2.28 bits per heavy atom. The zero-order valence-corrected chi connectivity index (χ0v) is 23.2. The average Bonchev–Trinajstić information content (AvgIpc) is 2.81. The molecule has 0 unspecified atom stereocenters. The number of hydrogen-bond donors (Lipinski definition) is 2. The molecule has 1 saturated carbocycles. The van der Waals surface area contributed by atoms with E-state index in [0.717, 1.165) is 26.2 Å². The monoisotopic (exact) mass is 532 g/mol. The maximum Gasteiger partial charge on any atom is 0.255 e. The first-order chi connectivity index (χ1) is 16.5. The number of nitrogens with zero attached hydrogens (tertiary/aromatic N) is 4. The molecule has 4 rings (SSSR count). The van der Waals surface area contributed by atoms with Gasteiger partial charge in [-0.25, -0.2) is 9.97 Å². The smallest absolute Gasteiger partial charge is 0.255 e. The average molecular weight is 534 g/mol. The van der Waals surface area contributed by atoms with Crippen LogP contribution in [-0.4, -0.2) is 54.2 Å². The lowest BCUT2D eigenvalue weighted by Crippen LogP contribution is -2.74. The summed E-state index contributed by atoms with van der Waals surface area (Å²) >= 11 is 6.19. The van der Waals surface area contributed by atoms with Gasteiger partial charge >= 0.3 is 0 Å². The van der Waals surface area contributed by atoms with Gasteiger partial charge in [0.15, 0.2) is 0 Å². The summed E-state index contributed by atoms with van der Waals surface area (Å²) in [5.74, 6) is 1.11. The highest BCUT2D eigenvalue weighted by atomic mass is 35.5. The first kappa shape index (κ1) is 28.0. The van der Waals surface area contributed by atoms with Crippen LogP contribution in [0.25, 0.3) is 0 Å². The molecule has 36 heavy (non-hydrogen) atoms. The molecule has 2 aromatic rings. The molecule has 1 aromatic carbocycles. The number of carbonyl (C=O) groups is 1. The number of piperazine rings is 1. The van der Waals surface area contributed by atoms with Crippen LogP contribution in [-0.2, 0) is 0 Å². The minimum Gasteiger partial charge on any atom is -0.489 e. The Morgan fingerprint density at radius 2 is 1.75 bits per heavy atom. The molecule has 1 aliphatic heterocycles. The highest BCUT2D eigenvalue weighted by Gasteiger charge is 2.64. The van der Waals surface area contributed by atoms with Crippen LogP contribution in [0.15, 0.2) is 18.2 Å². The molecule has 0 bridgehead atoms. The fraction of sp³-hybridized carbons (Fsp3) is 0.538. The molecule has 2 heterocycles. The summed E-state index contributed by atoms with van der Waals surface area (Å²) in [6.07, 6.45) is -0.169. The normalized spacial score (nSPS) is 22.0. The van der Waals surface area contributed by atoms with Crippen molar-refractivity contribution in [3.63, 3.8) is 0 Å². The zero-order valence-electron chi connectivity index (χ0n) is 21.6. The maximum atomic E-state index is 13.4. The molecule has 0 spiro atoms. The van der Waals surface area contributed by atoms with Crippen LogP contribution in [0, 0.1) is 36.0 Å². The standard InChI is InChI=1S/C26H33ClN6O2.ClH/c1-15-20(16(2)31-24(30-15)33-11-9-29-10-12-33)21(34)32-22-25(3,4)23(26(22,5)6)35-18-8-7-17(14-28)19(27)13-18;/h7-8,13,22-23,29H,9-12H2,1-6H3,(H,32,34);1H. The van der Waals surface area contributed by atoms with Gasteiger partial charge in [-0.2, -0.15) is 5.26 Å². The molecule has 1 aromatic heterocycles. The van der Waals surface area contributed by atoms with Crippen molar-refractivity contribution in [2.24, 2.45) is 10.8 Å². The van der Waals surface area contributed by atoms with Gasteiger partial charge in [0.1, 0.15) is 17.9 Å². The number of benzene rings is 1. The molecule has 1 amide bonds. The van der Waals surface area contributed by atoms with Gasteiger partial charge in [-0.05, 0) is 26.0 Å². The highest BCUT2D eigenvalue weighted by Crippen LogP contribution is 2.55. The van der Waals surface area contributed by atoms with Crippen LogP contribution in [0.5, 0.6) is 5.75 Å². The molecule has 10 heteroatoms. The number of amides is 1. The minimum absolute atomic E-state index is 0. The predicted octanol–water partition coefficient (Wildman–Crippen LogP) is 4.06. The zero-order chi connectivity index (χ0) is 25.5. The van der Waals surface area contributed by atoms with Crippen molar-refractivity contribution in [3.05, 3.63) is 45.7 Å². The summed E-state index contributed by atoms with van der Waals surface area (Å²) < 4.78 is 6.33. The summed E-state index contributed by atoms with van der Waals surface area (Å²) in [6, 6.07) is 7.01. The number of ether oxygens (including phenoxy) is 1. The molecule has 0 radical (unpaired) electrons. The van der Waals surface area contributed by atoms with Crippen molar-refractivity contribution in [2.75, 3.05) is 31.1 Å². The van der Waals surface area contributed by atoms with E-state index in [0.29, 0.717) is 39.2 Å². The maximum absolute atomic E-state index is 13.4. The van der Waals surface area contributed by atoms with E-state index in [1.165, 1.54) is 0 Å². The summed E-state index contributed by atoms with van der Waals surface area (Å²) in [6.45, 7) is 15.6. The minimum atomic E-state index is -0.344. The number of nitriles is 1. The van der Waals surface area contributed by atoms with Crippen molar-refractivity contribution in [2.45, 2.75) is 53.7 Å². The number of halogens is 2. The van der Waals surface area contributed by atoms with Crippen molar-refractivity contribution in [3.8, 4) is 11.8 Å². The molecule has 0 atom stereocenters.